The Bertz CT molecular complexity index is 986. The number of benzene rings is 2. The van der Waals surface area contributed by atoms with Crippen LogP contribution in [-0.4, -0.2) is 27.5 Å². The first kappa shape index (κ1) is 18.4. The number of ether oxygens (including phenoxy) is 1. The predicted molar refractivity (Wildman–Crippen MR) is 105 cm³/mol. The van der Waals surface area contributed by atoms with E-state index in [1.165, 1.54) is 6.08 Å². The van der Waals surface area contributed by atoms with Gasteiger partial charge in [-0.15, -0.1) is 0 Å². The summed E-state index contributed by atoms with van der Waals surface area (Å²) in [6.45, 7) is 4.27. The van der Waals surface area contributed by atoms with Crippen LogP contribution in [0.2, 0.25) is 0 Å². The van der Waals surface area contributed by atoms with Crippen LogP contribution in [0, 0.1) is 0 Å². The molecule has 6 heteroatoms. The molecule has 1 aromatic heterocycles. The molecule has 27 heavy (non-hydrogen) atoms. The van der Waals surface area contributed by atoms with E-state index in [1.807, 2.05) is 60.2 Å². The quantitative estimate of drug-likeness (QED) is 0.536. The van der Waals surface area contributed by atoms with Gasteiger partial charge >= 0.3 is 5.97 Å². The van der Waals surface area contributed by atoms with Crippen LogP contribution in [0.5, 0.6) is 0 Å². The van der Waals surface area contributed by atoms with E-state index in [4.69, 9.17) is 4.74 Å². The number of esters is 1. The van der Waals surface area contributed by atoms with Gasteiger partial charge in [-0.1, -0.05) is 36.4 Å². The molecule has 0 radical (unpaired) electrons. The molecule has 138 valence electrons. The average Bonchev–Trinajstić information content (AvgIpc) is 3.14. The maximum absolute atomic E-state index is 12.4. The fourth-order valence-electron chi connectivity index (χ4n) is 2.73. The molecule has 1 N–H and O–H groups in total. The number of hydrogen-bond donors (Lipinski definition) is 1. The highest BCUT2D eigenvalue weighted by atomic mass is 16.5. The largest absolute Gasteiger partial charge is 0.449 e. The monoisotopic (exact) mass is 363 g/mol. The summed E-state index contributed by atoms with van der Waals surface area (Å²) in [6, 6.07) is 13.4. The zero-order valence-electron chi connectivity index (χ0n) is 15.3. The van der Waals surface area contributed by atoms with E-state index in [2.05, 4.69) is 10.3 Å². The molecule has 2 aromatic carbocycles. The number of imidazole rings is 1. The molecule has 0 fully saturated rings. The Hall–Kier alpha value is -3.41. The molecular formula is C21H21N3O3. The summed E-state index contributed by atoms with van der Waals surface area (Å²) in [7, 11) is 0. The van der Waals surface area contributed by atoms with Crippen molar-refractivity contribution in [3.05, 3.63) is 66.8 Å². The molecule has 0 bridgehead atoms. The molecular weight excluding hydrogens is 342 g/mol. The number of nitrogens with zero attached hydrogens (tertiary/aromatic N) is 2. The van der Waals surface area contributed by atoms with Crippen molar-refractivity contribution in [3.8, 4) is 0 Å². The third kappa shape index (κ3) is 4.41. The highest BCUT2D eigenvalue weighted by Crippen LogP contribution is 2.23. The smallest absolute Gasteiger partial charge is 0.331 e. The SMILES string of the molecule is CCn1ccnc1C=CC(=O)OC(C)C(=O)Nc1cccc2ccccc12. The Morgan fingerprint density at radius 3 is 2.81 bits per heavy atom. The number of hydrogen-bond acceptors (Lipinski definition) is 4. The molecule has 0 spiro atoms. The number of amides is 1. The van der Waals surface area contributed by atoms with Crippen molar-refractivity contribution < 1.29 is 14.3 Å². The van der Waals surface area contributed by atoms with Crippen LogP contribution in [-0.2, 0) is 20.9 Å². The van der Waals surface area contributed by atoms with E-state index >= 15 is 0 Å². The van der Waals surface area contributed by atoms with Crippen molar-refractivity contribution in [2.24, 2.45) is 0 Å². The number of aromatic nitrogens is 2. The fourth-order valence-corrected chi connectivity index (χ4v) is 2.73. The van der Waals surface area contributed by atoms with E-state index in [9.17, 15) is 9.59 Å². The zero-order chi connectivity index (χ0) is 19.2. The van der Waals surface area contributed by atoms with E-state index in [1.54, 1.807) is 19.2 Å². The van der Waals surface area contributed by atoms with Crippen molar-refractivity contribution in [1.82, 2.24) is 9.55 Å². The maximum Gasteiger partial charge on any atom is 0.331 e. The van der Waals surface area contributed by atoms with Gasteiger partial charge in [0.25, 0.3) is 5.91 Å². The highest BCUT2D eigenvalue weighted by molar-refractivity contribution is 6.04. The summed E-state index contributed by atoms with van der Waals surface area (Å²) < 4.78 is 7.08. The van der Waals surface area contributed by atoms with Crippen molar-refractivity contribution in [1.29, 1.82) is 0 Å². The Kier molecular flexibility index (Phi) is 5.66. The Labute approximate surface area is 157 Å². The first-order valence-corrected chi connectivity index (χ1v) is 8.77. The summed E-state index contributed by atoms with van der Waals surface area (Å²) in [5.41, 5.74) is 0.682. The molecule has 3 aromatic rings. The number of aryl methyl sites for hydroxylation is 1. The van der Waals surface area contributed by atoms with Crippen molar-refractivity contribution in [3.63, 3.8) is 0 Å². The second-order valence-electron chi connectivity index (χ2n) is 6.00. The van der Waals surface area contributed by atoms with Gasteiger partial charge in [0.15, 0.2) is 6.10 Å². The van der Waals surface area contributed by atoms with Crippen LogP contribution in [0.1, 0.15) is 19.7 Å². The summed E-state index contributed by atoms with van der Waals surface area (Å²) in [4.78, 5) is 28.5. The van der Waals surface area contributed by atoms with Gasteiger partial charge in [-0.2, -0.15) is 0 Å². The number of fused-ring (bicyclic) bond motifs is 1. The van der Waals surface area contributed by atoms with Crippen LogP contribution in [0.3, 0.4) is 0 Å². The molecule has 0 aliphatic carbocycles. The summed E-state index contributed by atoms with van der Waals surface area (Å²) in [5, 5.41) is 4.77. The molecule has 1 atom stereocenters. The van der Waals surface area contributed by atoms with Crippen LogP contribution in [0.15, 0.2) is 60.9 Å². The van der Waals surface area contributed by atoms with Crippen LogP contribution >= 0.6 is 0 Å². The third-order valence-electron chi connectivity index (χ3n) is 4.17. The summed E-state index contributed by atoms with van der Waals surface area (Å²) in [5.74, 6) is -0.327. The van der Waals surface area contributed by atoms with Gasteiger partial charge in [-0.25, -0.2) is 9.78 Å². The maximum atomic E-state index is 12.4. The summed E-state index contributed by atoms with van der Waals surface area (Å²) in [6.07, 6.45) is 5.41. The van der Waals surface area contributed by atoms with Gasteiger partial charge in [0.2, 0.25) is 0 Å². The second kappa shape index (κ2) is 8.31. The minimum Gasteiger partial charge on any atom is -0.449 e. The summed E-state index contributed by atoms with van der Waals surface area (Å²) >= 11 is 0. The van der Waals surface area contributed by atoms with Crippen LogP contribution in [0.4, 0.5) is 5.69 Å². The van der Waals surface area contributed by atoms with Crippen molar-refractivity contribution in [2.45, 2.75) is 26.5 Å². The molecule has 0 aliphatic heterocycles. The second-order valence-corrected chi connectivity index (χ2v) is 6.00. The average molecular weight is 363 g/mol. The topological polar surface area (TPSA) is 73.2 Å². The minimum absolute atomic E-state index is 0.386. The lowest BCUT2D eigenvalue weighted by molar-refractivity contribution is -0.148. The molecule has 1 heterocycles. The number of nitrogens with one attached hydrogen (secondary N) is 1. The number of carbonyl (C=O) groups excluding carboxylic acids is 2. The van der Waals surface area contributed by atoms with Gasteiger partial charge in [-0.3, -0.25) is 4.79 Å². The van der Waals surface area contributed by atoms with Gasteiger partial charge in [0.05, 0.1) is 0 Å². The van der Waals surface area contributed by atoms with Gasteiger partial charge in [0.1, 0.15) is 5.82 Å². The number of rotatable bonds is 6. The molecule has 0 saturated carbocycles. The van der Waals surface area contributed by atoms with E-state index in [0.29, 0.717) is 11.5 Å². The lowest BCUT2D eigenvalue weighted by Gasteiger charge is -2.13. The lowest BCUT2D eigenvalue weighted by atomic mass is 10.1. The van der Waals surface area contributed by atoms with E-state index < -0.39 is 12.1 Å². The van der Waals surface area contributed by atoms with Gasteiger partial charge in [-0.05, 0) is 31.4 Å². The normalized spacial score (nSPS) is 12.2. The highest BCUT2D eigenvalue weighted by Gasteiger charge is 2.17. The first-order chi connectivity index (χ1) is 13.1. The zero-order valence-corrected chi connectivity index (χ0v) is 15.3. The number of anilines is 1. The van der Waals surface area contributed by atoms with Gasteiger partial charge < -0.3 is 14.6 Å². The van der Waals surface area contributed by atoms with Gasteiger partial charge in [0, 0.05) is 36.1 Å². The molecule has 0 aliphatic rings. The molecule has 1 unspecified atom stereocenters. The first-order valence-electron chi connectivity index (χ1n) is 8.77. The number of carbonyl (C=O) groups is 2. The molecule has 0 saturated heterocycles. The van der Waals surface area contributed by atoms with Crippen molar-refractivity contribution >= 4 is 34.4 Å². The fraction of sp³-hybridized carbons (Fsp3) is 0.190. The van der Waals surface area contributed by atoms with E-state index in [0.717, 1.165) is 17.3 Å². The third-order valence-corrected chi connectivity index (χ3v) is 4.17. The van der Waals surface area contributed by atoms with E-state index in [-0.39, 0.29) is 5.91 Å². The lowest BCUT2D eigenvalue weighted by Crippen LogP contribution is -2.29. The van der Waals surface area contributed by atoms with Crippen LogP contribution < -0.4 is 5.32 Å². The Morgan fingerprint density at radius 1 is 1.22 bits per heavy atom. The van der Waals surface area contributed by atoms with Crippen LogP contribution in [0.25, 0.3) is 16.8 Å². The Morgan fingerprint density at radius 2 is 2.00 bits per heavy atom. The standard InChI is InChI=1S/C21H21N3O3/c1-3-24-14-13-22-19(24)11-12-20(25)27-15(2)21(26)23-18-10-6-8-16-7-4-5-9-17(16)18/h4-15H,3H2,1-2H3,(H,23,26). The molecule has 6 nitrogen and oxygen atoms in total. The van der Waals surface area contributed by atoms with Crippen molar-refractivity contribution in [2.75, 3.05) is 5.32 Å². The Balaban J connectivity index is 1.62. The molecule has 3 rings (SSSR count). The molecule has 1 amide bonds. The predicted octanol–water partition coefficient (Wildman–Crippen LogP) is 3.64. The minimum atomic E-state index is -0.924.